The van der Waals surface area contributed by atoms with E-state index in [0.29, 0.717) is 31.6 Å². The van der Waals surface area contributed by atoms with Crippen molar-refractivity contribution in [1.82, 2.24) is 24.6 Å². The van der Waals surface area contributed by atoms with Gasteiger partial charge in [-0.25, -0.2) is 0 Å². The number of aromatic nitrogens is 1. The highest BCUT2D eigenvalue weighted by molar-refractivity contribution is 9.10. The van der Waals surface area contributed by atoms with Crippen molar-refractivity contribution in [3.8, 4) is 11.3 Å². The van der Waals surface area contributed by atoms with Crippen molar-refractivity contribution in [1.29, 1.82) is 0 Å². The Balaban J connectivity index is 1.02. The molecule has 2 aliphatic rings. The molecule has 0 bridgehead atoms. The second kappa shape index (κ2) is 19.5. The maximum Gasteiger partial charge on any atom is 0.247 e. The van der Waals surface area contributed by atoms with Crippen LogP contribution in [0.2, 0.25) is 0 Å². The van der Waals surface area contributed by atoms with Crippen molar-refractivity contribution in [3.05, 3.63) is 124 Å². The lowest BCUT2D eigenvalue weighted by Gasteiger charge is -2.34. The molecule has 7 rings (SSSR count). The fraction of sp³-hybridized carbons (Fsp3) is 0.388. The maximum absolute atomic E-state index is 14.2. The molecule has 4 aromatic carbocycles. The van der Waals surface area contributed by atoms with Gasteiger partial charge >= 0.3 is 0 Å². The zero-order chi connectivity index (χ0) is 42.3. The molecular formula is C49H57BrN6O4. The first-order chi connectivity index (χ1) is 29.2. The zero-order valence-electron chi connectivity index (χ0n) is 35.2. The molecule has 5 aromatic rings. The van der Waals surface area contributed by atoms with Gasteiger partial charge in [0.25, 0.3) is 0 Å². The van der Waals surface area contributed by atoms with Gasteiger partial charge in [0.15, 0.2) is 5.78 Å². The monoisotopic (exact) mass is 872 g/mol. The second-order valence-corrected chi connectivity index (χ2v) is 16.6. The number of benzene rings is 4. The van der Waals surface area contributed by atoms with E-state index in [2.05, 4.69) is 63.7 Å². The van der Waals surface area contributed by atoms with Crippen LogP contribution >= 0.6 is 15.9 Å². The van der Waals surface area contributed by atoms with Crippen LogP contribution in [-0.4, -0.2) is 99.4 Å². The number of carbonyl (C=O) groups excluding carboxylic acids is 4. The van der Waals surface area contributed by atoms with Gasteiger partial charge in [0, 0.05) is 36.1 Å². The molecule has 0 spiro atoms. The number of amides is 3. The summed E-state index contributed by atoms with van der Waals surface area (Å²) in [5.41, 5.74) is 6.19. The number of Topliss-reactive ketones (excluding diaryl/α,β-unsaturated/α-hetero) is 1. The Morgan fingerprint density at radius 2 is 1.22 bits per heavy atom. The average Bonchev–Trinajstić information content (AvgIpc) is 4.05. The van der Waals surface area contributed by atoms with Crippen LogP contribution in [0.4, 0.5) is 5.69 Å². The summed E-state index contributed by atoms with van der Waals surface area (Å²) in [5.74, 6) is -0.161. The molecule has 60 heavy (non-hydrogen) atoms. The number of likely N-dealkylation sites (N-methyl/N-ethyl adjacent to an activating group) is 2. The Kier molecular flexibility index (Phi) is 14.0. The number of hydrogen-bond donors (Lipinski definition) is 2. The fourth-order valence-corrected chi connectivity index (χ4v) is 9.89. The van der Waals surface area contributed by atoms with Crippen LogP contribution in [0, 0.1) is 0 Å². The van der Waals surface area contributed by atoms with Gasteiger partial charge in [-0.1, -0.05) is 107 Å². The summed E-state index contributed by atoms with van der Waals surface area (Å²) < 4.78 is 0.882. The fourth-order valence-electron chi connectivity index (χ4n) is 9.23. The molecule has 3 amide bonds. The Bertz CT molecular complexity index is 2270. The average molecular weight is 874 g/mol. The molecule has 0 radical (unpaired) electrons. The molecule has 314 valence electrons. The Labute approximate surface area is 362 Å². The minimum absolute atomic E-state index is 0.00160. The number of aromatic amines is 1. The van der Waals surface area contributed by atoms with Crippen LogP contribution in [0.5, 0.6) is 0 Å². The molecule has 3 heterocycles. The number of fused-ring (bicyclic) bond motifs is 1. The van der Waals surface area contributed by atoms with E-state index in [0.717, 1.165) is 82.3 Å². The van der Waals surface area contributed by atoms with E-state index in [1.807, 2.05) is 108 Å². The lowest BCUT2D eigenvalue weighted by Crippen LogP contribution is -2.48. The van der Waals surface area contributed by atoms with E-state index in [-0.39, 0.29) is 29.9 Å². The second-order valence-electron chi connectivity index (χ2n) is 15.9. The van der Waals surface area contributed by atoms with E-state index in [1.54, 1.807) is 4.90 Å². The zero-order valence-corrected chi connectivity index (χ0v) is 36.8. The van der Waals surface area contributed by atoms with E-state index in [1.165, 1.54) is 0 Å². The first-order valence-electron chi connectivity index (χ1n) is 21.6. The highest BCUT2D eigenvalue weighted by Crippen LogP contribution is 2.37. The first-order valence-corrected chi connectivity index (χ1v) is 22.4. The molecule has 1 aromatic heterocycles. The third-order valence-electron chi connectivity index (χ3n) is 12.4. The number of ketones is 1. The number of halogens is 1. The van der Waals surface area contributed by atoms with Crippen LogP contribution in [-0.2, 0) is 25.6 Å². The third-order valence-corrected chi connectivity index (χ3v) is 13.2. The Hall–Kier alpha value is -5.10. The molecule has 10 nitrogen and oxygen atoms in total. The number of nitrogens with one attached hydrogen (secondary N) is 2. The molecule has 2 N–H and O–H groups in total. The van der Waals surface area contributed by atoms with Crippen LogP contribution in [0.3, 0.4) is 0 Å². The topological polar surface area (TPSA) is 109 Å². The van der Waals surface area contributed by atoms with Gasteiger partial charge in [0.05, 0.1) is 16.2 Å². The lowest BCUT2D eigenvalue weighted by atomic mass is 9.99. The van der Waals surface area contributed by atoms with E-state index >= 15 is 0 Å². The van der Waals surface area contributed by atoms with E-state index < -0.39 is 24.2 Å². The molecule has 2 aliphatic heterocycles. The van der Waals surface area contributed by atoms with Crippen molar-refractivity contribution in [2.24, 2.45) is 0 Å². The molecule has 4 atom stereocenters. The highest BCUT2D eigenvalue weighted by Gasteiger charge is 2.40. The quantitative estimate of drug-likeness (QED) is 0.103. The molecule has 0 saturated carbocycles. The molecule has 11 heteroatoms. The molecule has 0 aliphatic carbocycles. The van der Waals surface area contributed by atoms with Gasteiger partial charge in [0.1, 0.15) is 18.1 Å². The third kappa shape index (κ3) is 8.99. The predicted molar refractivity (Wildman–Crippen MR) is 242 cm³/mol. The number of nitrogens with zero attached hydrogens (tertiary/aromatic N) is 4. The summed E-state index contributed by atoms with van der Waals surface area (Å²) >= 11 is 3.84. The van der Waals surface area contributed by atoms with Gasteiger partial charge < -0.3 is 20.1 Å². The summed E-state index contributed by atoms with van der Waals surface area (Å²) in [6, 6.07) is 31.6. The van der Waals surface area contributed by atoms with Crippen LogP contribution < -0.4 is 5.32 Å². The van der Waals surface area contributed by atoms with Crippen molar-refractivity contribution in [3.63, 3.8) is 0 Å². The number of carbonyl (C=O) groups is 4. The largest absolute Gasteiger partial charge is 0.354 e. The number of hydrogen-bond acceptors (Lipinski definition) is 6. The van der Waals surface area contributed by atoms with Crippen molar-refractivity contribution < 1.29 is 19.2 Å². The summed E-state index contributed by atoms with van der Waals surface area (Å²) in [5, 5.41) is 4.04. The predicted octanol–water partition coefficient (Wildman–Crippen LogP) is 8.80. The smallest absolute Gasteiger partial charge is 0.247 e. The van der Waals surface area contributed by atoms with Gasteiger partial charge in [0.2, 0.25) is 17.7 Å². The normalized spacial score (nSPS) is 17.7. The summed E-state index contributed by atoms with van der Waals surface area (Å²) in [6.07, 6.45) is 3.11. The van der Waals surface area contributed by atoms with E-state index in [4.69, 9.17) is 0 Å². The summed E-state index contributed by atoms with van der Waals surface area (Å²) in [4.78, 5) is 67.4. The molecule has 0 unspecified atom stereocenters. The number of likely N-dealkylation sites (tertiary alicyclic amines) is 2. The Morgan fingerprint density at radius 1 is 0.700 bits per heavy atom. The number of H-pyrrole nitrogens is 1. The lowest BCUT2D eigenvalue weighted by molar-refractivity contribution is -0.142. The number of rotatable bonds is 16. The van der Waals surface area contributed by atoms with Crippen molar-refractivity contribution >= 4 is 56.0 Å². The Morgan fingerprint density at radius 3 is 1.75 bits per heavy atom. The van der Waals surface area contributed by atoms with E-state index in [9.17, 15) is 19.2 Å². The minimum atomic E-state index is -0.543. The van der Waals surface area contributed by atoms with Crippen molar-refractivity contribution in [2.45, 2.75) is 84.0 Å². The van der Waals surface area contributed by atoms with Crippen LogP contribution in [0.1, 0.15) is 82.2 Å². The van der Waals surface area contributed by atoms with Crippen molar-refractivity contribution in [2.75, 3.05) is 44.6 Å². The molecule has 2 fully saturated rings. The molecular weight excluding hydrogens is 816 g/mol. The van der Waals surface area contributed by atoms with Gasteiger partial charge in [-0.2, -0.15) is 0 Å². The SMILES string of the molecule is CCN(CC)[C@@H](C(=O)N1CCC[C@H]1C(=O)Cc1ccc2[nH]c(-c3ccc(NC(=O)[C@@H]4CCCN4C(=O)[C@@H](c4ccccc4)N(CC)CC)cc3)c(Br)c2c1)c1ccccc1. The maximum atomic E-state index is 14.2. The highest BCUT2D eigenvalue weighted by atomic mass is 79.9. The van der Waals surface area contributed by atoms with Gasteiger partial charge in [-0.3, -0.25) is 29.0 Å². The molecule has 2 saturated heterocycles. The number of anilines is 1. The van der Waals surface area contributed by atoms with Gasteiger partial charge in [-0.15, -0.1) is 0 Å². The van der Waals surface area contributed by atoms with Gasteiger partial charge in [-0.05, 0) is 114 Å². The van der Waals surface area contributed by atoms with Crippen LogP contribution in [0.25, 0.3) is 22.2 Å². The van der Waals surface area contributed by atoms with Crippen LogP contribution in [0.15, 0.2) is 108 Å². The summed E-state index contributed by atoms with van der Waals surface area (Å²) in [7, 11) is 0. The first kappa shape index (κ1) is 43.0. The minimum Gasteiger partial charge on any atom is -0.354 e. The standard InChI is InChI=1S/C49H57BrN6O4/c1-5-53(6-2)45(35-17-11-9-12-18-35)48(59)55-29-15-21-40(55)42(57)32-33-23-28-39-38(31-33)43(50)44(52-39)34-24-26-37(27-25-34)51-47(58)41-22-16-30-56(41)49(60)46(54(7-3)8-4)36-19-13-10-14-20-36/h9-14,17-20,23-28,31,40-41,45-46,52H,5-8,15-16,21-22,29-30,32H2,1-4H3,(H,51,58)/t40-,41-,45+,46+/m0/s1. The summed E-state index contributed by atoms with van der Waals surface area (Å²) in [6.45, 7) is 12.3.